The van der Waals surface area contributed by atoms with Crippen molar-refractivity contribution in [3.63, 3.8) is 0 Å². The Morgan fingerprint density at radius 2 is 2.20 bits per heavy atom. The second-order valence-electron chi connectivity index (χ2n) is 5.40. The third-order valence-electron chi connectivity index (χ3n) is 4.26. The summed E-state index contributed by atoms with van der Waals surface area (Å²) in [5.74, 6) is 1.55. The van der Waals surface area contributed by atoms with E-state index in [9.17, 15) is 0 Å². The van der Waals surface area contributed by atoms with Gasteiger partial charge in [-0.25, -0.2) is 4.98 Å². The average Bonchev–Trinajstić information content (AvgIpc) is 2.73. The van der Waals surface area contributed by atoms with Crippen LogP contribution in [0.1, 0.15) is 25.1 Å². The van der Waals surface area contributed by atoms with Crippen molar-refractivity contribution < 1.29 is 4.74 Å². The fourth-order valence-corrected chi connectivity index (χ4v) is 3.36. The zero-order chi connectivity index (χ0) is 14.2. The highest BCUT2D eigenvalue weighted by molar-refractivity contribution is 6.35. The third kappa shape index (κ3) is 2.32. The predicted octanol–water partition coefficient (Wildman–Crippen LogP) is 4.04. The van der Waals surface area contributed by atoms with E-state index in [1.54, 1.807) is 7.11 Å². The Bertz CT molecular complexity index is 614. The van der Waals surface area contributed by atoms with E-state index in [1.165, 1.54) is 6.42 Å². The summed E-state index contributed by atoms with van der Waals surface area (Å²) in [6.45, 7) is 0.802. The highest BCUT2D eigenvalue weighted by Crippen LogP contribution is 2.38. The maximum atomic E-state index is 6.37. The minimum Gasteiger partial charge on any atom is -0.376 e. The van der Waals surface area contributed by atoms with Crippen LogP contribution in [0.2, 0.25) is 5.02 Å². The molecule has 1 fully saturated rings. The number of alkyl halides is 1. The van der Waals surface area contributed by atoms with Crippen molar-refractivity contribution in [2.45, 2.75) is 37.8 Å². The minimum absolute atomic E-state index is 0.0616. The number of benzene rings is 1. The molecule has 1 aliphatic rings. The Morgan fingerprint density at radius 1 is 1.40 bits per heavy atom. The molecular formula is C15H18Cl2N2O. The van der Waals surface area contributed by atoms with Gasteiger partial charge in [0, 0.05) is 19.4 Å². The molecule has 5 heteroatoms. The Balaban J connectivity index is 2.08. The lowest BCUT2D eigenvalue weighted by atomic mass is 9.80. The van der Waals surface area contributed by atoms with E-state index in [-0.39, 0.29) is 5.60 Å². The Hall–Kier alpha value is -0.770. The summed E-state index contributed by atoms with van der Waals surface area (Å²) in [6.07, 6.45) is 4.15. The van der Waals surface area contributed by atoms with Gasteiger partial charge in [-0.2, -0.15) is 0 Å². The first kappa shape index (κ1) is 14.2. The molecule has 1 heterocycles. The number of hydrogen-bond donors (Lipinski definition) is 0. The molecular weight excluding hydrogens is 295 g/mol. The zero-order valence-corrected chi connectivity index (χ0v) is 13.0. The molecule has 0 N–H and O–H groups in total. The van der Waals surface area contributed by atoms with Gasteiger partial charge in [0.25, 0.3) is 0 Å². The molecule has 0 unspecified atom stereocenters. The lowest BCUT2D eigenvalue weighted by molar-refractivity contribution is -0.0832. The predicted molar refractivity (Wildman–Crippen MR) is 82.8 cm³/mol. The van der Waals surface area contributed by atoms with Crippen molar-refractivity contribution in [1.82, 2.24) is 9.55 Å². The molecule has 0 saturated heterocycles. The maximum absolute atomic E-state index is 6.37. The summed E-state index contributed by atoms with van der Waals surface area (Å²) in [5, 5.41) is 0.737. The standard InChI is InChI=1S/C15H18Cl2N2O/c1-20-15(7-3-8-15)10-19-13(6-9-16)18-12-5-2-4-11(17)14(12)19/h2,4-5H,3,6-10H2,1H3. The lowest BCUT2D eigenvalue weighted by Crippen LogP contribution is -2.43. The van der Waals surface area contributed by atoms with E-state index in [2.05, 4.69) is 9.55 Å². The monoisotopic (exact) mass is 312 g/mol. The van der Waals surface area contributed by atoms with Crippen LogP contribution in [0.3, 0.4) is 0 Å². The average molecular weight is 313 g/mol. The first-order valence-electron chi connectivity index (χ1n) is 6.94. The molecule has 0 bridgehead atoms. The second-order valence-corrected chi connectivity index (χ2v) is 6.19. The van der Waals surface area contributed by atoms with Crippen molar-refractivity contribution in [3.8, 4) is 0 Å². The molecule has 0 amide bonds. The number of para-hydroxylation sites is 1. The van der Waals surface area contributed by atoms with E-state index >= 15 is 0 Å². The first-order valence-corrected chi connectivity index (χ1v) is 7.85. The topological polar surface area (TPSA) is 27.1 Å². The molecule has 0 atom stereocenters. The molecule has 1 aromatic heterocycles. The number of ether oxygens (including phenoxy) is 1. The van der Waals surface area contributed by atoms with Gasteiger partial charge in [0.15, 0.2) is 0 Å². The Kier molecular flexibility index (Phi) is 3.93. The van der Waals surface area contributed by atoms with Crippen molar-refractivity contribution in [1.29, 1.82) is 0 Å². The number of aryl methyl sites for hydroxylation is 1. The van der Waals surface area contributed by atoms with Crippen molar-refractivity contribution in [2.75, 3.05) is 13.0 Å². The fourth-order valence-electron chi connectivity index (χ4n) is 2.92. The zero-order valence-electron chi connectivity index (χ0n) is 11.5. The van der Waals surface area contributed by atoms with Gasteiger partial charge in [0.05, 0.1) is 28.2 Å². The number of halogens is 2. The number of imidazole rings is 1. The van der Waals surface area contributed by atoms with Crippen LogP contribution >= 0.6 is 23.2 Å². The number of rotatable bonds is 5. The molecule has 20 heavy (non-hydrogen) atoms. The number of fused-ring (bicyclic) bond motifs is 1. The van der Waals surface area contributed by atoms with Gasteiger partial charge in [0.1, 0.15) is 5.82 Å². The van der Waals surface area contributed by atoms with E-state index in [4.69, 9.17) is 27.9 Å². The molecule has 3 rings (SSSR count). The highest BCUT2D eigenvalue weighted by atomic mass is 35.5. The summed E-state index contributed by atoms with van der Waals surface area (Å²) in [5.41, 5.74) is 1.87. The molecule has 1 saturated carbocycles. The normalized spacial score (nSPS) is 17.4. The third-order valence-corrected chi connectivity index (χ3v) is 4.75. The Morgan fingerprint density at radius 3 is 2.80 bits per heavy atom. The van der Waals surface area contributed by atoms with Crippen LogP contribution in [-0.4, -0.2) is 28.1 Å². The minimum atomic E-state index is -0.0616. The summed E-state index contributed by atoms with van der Waals surface area (Å²) < 4.78 is 7.94. The van der Waals surface area contributed by atoms with Crippen molar-refractivity contribution in [3.05, 3.63) is 29.0 Å². The first-order chi connectivity index (χ1) is 9.69. The number of nitrogens with zero attached hydrogens (tertiary/aromatic N) is 2. The second kappa shape index (κ2) is 5.55. The van der Waals surface area contributed by atoms with Crippen LogP contribution in [0, 0.1) is 0 Å². The SMILES string of the molecule is COC1(Cn2c(CCCl)nc3cccc(Cl)c32)CCC1. The van der Waals surface area contributed by atoms with Crippen molar-refractivity contribution >= 4 is 34.2 Å². The molecule has 1 aromatic carbocycles. The Labute approximate surface area is 128 Å². The van der Waals surface area contributed by atoms with Crippen LogP contribution in [0.4, 0.5) is 0 Å². The summed E-state index contributed by atoms with van der Waals surface area (Å²) >= 11 is 12.3. The van der Waals surface area contributed by atoms with Crippen LogP contribution in [0.15, 0.2) is 18.2 Å². The summed E-state index contributed by atoms with van der Waals surface area (Å²) in [4.78, 5) is 4.68. The largest absolute Gasteiger partial charge is 0.376 e. The van der Waals surface area contributed by atoms with E-state index < -0.39 is 0 Å². The molecule has 108 valence electrons. The molecule has 0 spiro atoms. The van der Waals surface area contributed by atoms with E-state index in [1.807, 2.05) is 18.2 Å². The summed E-state index contributed by atoms with van der Waals surface area (Å²) in [6, 6.07) is 5.84. The lowest BCUT2D eigenvalue weighted by Gasteiger charge is -2.41. The fraction of sp³-hybridized carbons (Fsp3) is 0.533. The molecule has 2 aromatic rings. The van der Waals surface area contributed by atoms with Gasteiger partial charge < -0.3 is 9.30 Å². The highest BCUT2D eigenvalue weighted by Gasteiger charge is 2.38. The van der Waals surface area contributed by atoms with Gasteiger partial charge in [-0.15, -0.1) is 11.6 Å². The maximum Gasteiger partial charge on any atom is 0.111 e. The van der Waals surface area contributed by atoms with Gasteiger partial charge in [-0.1, -0.05) is 17.7 Å². The number of methoxy groups -OCH3 is 1. The van der Waals surface area contributed by atoms with Gasteiger partial charge in [-0.3, -0.25) is 0 Å². The smallest absolute Gasteiger partial charge is 0.111 e. The quantitative estimate of drug-likeness (QED) is 0.779. The van der Waals surface area contributed by atoms with Gasteiger partial charge >= 0.3 is 0 Å². The van der Waals surface area contributed by atoms with Crippen LogP contribution in [-0.2, 0) is 17.7 Å². The number of aromatic nitrogens is 2. The van der Waals surface area contributed by atoms with E-state index in [0.717, 1.165) is 47.7 Å². The van der Waals surface area contributed by atoms with Gasteiger partial charge in [0.2, 0.25) is 0 Å². The van der Waals surface area contributed by atoms with Crippen LogP contribution < -0.4 is 0 Å². The molecule has 0 aliphatic heterocycles. The molecule has 0 radical (unpaired) electrons. The van der Waals surface area contributed by atoms with Gasteiger partial charge in [-0.05, 0) is 31.4 Å². The van der Waals surface area contributed by atoms with Crippen LogP contribution in [0.25, 0.3) is 11.0 Å². The molecule has 1 aliphatic carbocycles. The van der Waals surface area contributed by atoms with Crippen molar-refractivity contribution in [2.24, 2.45) is 0 Å². The summed E-state index contributed by atoms with van der Waals surface area (Å²) in [7, 11) is 1.79. The number of hydrogen-bond acceptors (Lipinski definition) is 2. The molecule has 3 nitrogen and oxygen atoms in total. The van der Waals surface area contributed by atoms with Crippen LogP contribution in [0.5, 0.6) is 0 Å². The van der Waals surface area contributed by atoms with E-state index in [0.29, 0.717) is 5.88 Å².